The van der Waals surface area contributed by atoms with E-state index in [2.05, 4.69) is 26.9 Å². The Morgan fingerprint density at radius 1 is 1.37 bits per heavy atom. The molecule has 1 aliphatic heterocycles. The normalized spacial score (nSPS) is 19.3. The van der Waals surface area contributed by atoms with Crippen LogP contribution in [0.15, 0.2) is 35.1 Å². The van der Waals surface area contributed by atoms with Crippen molar-refractivity contribution in [3.8, 4) is 11.5 Å². The van der Waals surface area contributed by atoms with Crippen LogP contribution in [0.5, 0.6) is 0 Å². The highest BCUT2D eigenvalue weighted by molar-refractivity contribution is 5.60. The van der Waals surface area contributed by atoms with Crippen LogP contribution in [0.25, 0.3) is 11.5 Å². The molecule has 100 valence electrons. The van der Waals surface area contributed by atoms with Crippen LogP contribution in [0.3, 0.4) is 0 Å². The van der Waals surface area contributed by atoms with Gasteiger partial charge in [0.25, 0.3) is 0 Å². The van der Waals surface area contributed by atoms with Gasteiger partial charge < -0.3 is 15.1 Å². The third kappa shape index (κ3) is 3.12. The van der Waals surface area contributed by atoms with Crippen molar-refractivity contribution in [2.24, 2.45) is 0 Å². The summed E-state index contributed by atoms with van der Waals surface area (Å²) >= 11 is 0. The molecular weight excluding hydrogens is 240 g/mol. The molecule has 0 saturated carbocycles. The fraction of sp³-hybridized carbons (Fsp3) is 0.429. The molecule has 2 heterocycles. The fourth-order valence-corrected chi connectivity index (χ4v) is 2.40. The zero-order valence-electron chi connectivity index (χ0n) is 10.8. The van der Waals surface area contributed by atoms with Crippen LogP contribution in [-0.2, 0) is 0 Å². The number of rotatable bonds is 4. The topological polar surface area (TPSA) is 63.0 Å². The molecule has 1 fully saturated rings. The number of piperidine rings is 1. The molecule has 2 aromatic rings. The highest BCUT2D eigenvalue weighted by atomic mass is 16.4. The molecular formula is C14H18N4O. The van der Waals surface area contributed by atoms with Crippen molar-refractivity contribution in [1.29, 1.82) is 0 Å². The lowest BCUT2D eigenvalue weighted by Crippen LogP contribution is -2.39. The maximum atomic E-state index is 5.21. The number of benzene rings is 1. The predicted molar refractivity (Wildman–Crippen MR) is 73.9 cm³/mol. The Hall–Kier alpha value is -1.88. The minimum absolute atomic E-state index is 0.555. The molecule has 3 rings (SSSR count). The molecule has 1 aromatic heterocycles. The molecule has 1 unspecified atom stereocenters. The Labute approximate surface area is 112 Å². The molecule has 1 aliphatic rings. The van der Waals surface area contributed by atoms with Crippen molar-refractivity contribution in [2.75, 3.05) is 18.4 Å². The summed E-state index contributed by atoms with van der Waals surface area (Å²) in [5.74, 6) is 0.555. The van der Waals surface area contributed by atoms with Crippen LogP contribution in [-0.4, -0.2) is 29.3 Å². The monoisotopic (exact) mass is 258 g/mol. The van der Waals surface area contributed by atoms with E-state index in [9.17, 15) is 0 Å². The molecule has 0 radical (unpaired) electrons. The van der Waals surface area contributed by atoms with Crippen molar-refractivity contribution < 1.29 is 4.42 Å². The van der Waals surface area contributed by atoms with E-state index in [1.165, 1.54) is 25.7 Å². The first-order chi connectivity index (χ1) is 9.42. The molecule has 0 spiro atoms. The van der Waals surface area contributed by atoms with Crippen LogP contribution < -0.4 is 10.6 Å². The van der Waals surface area contributed by atoms with Crippen LogP contribution >= 0.6 is 0 Å². The van der Waals surface area contributed by atoms with Gasteiger partial charge in [0.2, 0.25) is 12.3 Å². The maximum Gasteiger partial charge on any atom is 0.247 e. The van der Waals surface area contributed by atoms with Gasteiger partial charge >= 0.3 is 0 Å². The summed E-state index contributed by atoms with van der Waals surface area (Å²) in [5, 5.41) is 14.6. The summed E-state index contributed by atoms with van der Waals surface area (Å²) in [7, 11) is 0. The summed E-state index contributed by atoms with van der Waals surface area (Å²) in [4.78, 5) is 0. The van der Waals surface area contributed by atoms with E-state index in [1.54, 1.807) is 0 Å². The molecule has 2 N–H and O–H groups in total. The Bertz CT molecular complexity index is 506. The number of hydrogen-bond acceptors (Lipinski definition) is 5. The minimum Gasteiger partial charge on any atom is -0.423 e. The van der Waals surface area contributed by atoms with Gasteiger partial charge in [0.05, 0.1) is 0 Å². The van der Waals surface area contributed by atoms with Gasteiger partial charge in [-0.2, -0.15) is 0 Å². The summed E-state index contributed by atoms with van der Waals surface area (Å²) in [6.45, 7) is 2.08. The molecule has 1 aromatic carbocycles. The zero-order valence-corrected chi connectivity index (χ0v) is 10.8. The quantitative estimate of drug-likeness (QED) is 0.881. The standard InChI is InChI=1S/C14H18N4O/c1-2-7-15-13(5-1)9-16-12-6-3-4-11(8-12)14-18-17-10-19-14/h3-4,6,8,10,13,15-16H,1-2,5,7,9H2. The van der Waals surface area contributed by atoms with Crippen molar-refractivity contribution in [3.05, 3.63) is 30.7 Å². The number of nitrogens with one attached hydrogen (secondary N) is 2. The third-order valence-electron chi connectivity index (χ3n) is 3.43. The first-order valence-corrected chi connectivity index (χ1v) is 6.76. The van der Waals surface area contributed by atoms with Gasteiger partial charge in [-0.1, -0.05) is 12.5 Å². The molecule has 1 saturated heterocycles. The van der Waals surface area contributed by atoms with Gasteiger partial charge in [0.15, 0.2) is 0 Å². The van der Waals surface area contributed by atoms with Crippen molar-refractivity contribution in [3.63, 3.8) is 0 Å². The van der Waals surface area contributed by atoms with Crippen LogP contribution in [0, 0.1) is 0 Å². The van der Waals surface area contributed by atoms with E-state index in [-0.39, 0.29) is 0 Å². The Morgan fingerprint density at radius 2 is 2.37 bits per heavy atom. The Morgan fingerprint density at radius 3 is 3.16 bits per heavy atom. The van der Waals surface area contributed by atoms with Gasteiger partial charge in [-0.15, -0.1) is 10.2 Å². The second-order valence-electron chi connectivity index (χ2n) is 4.85. The number of hydrogen-bond donors (Lipinski definition) is 2. The first-order valence-electron chi connectivity index (χ1n) is 6.76. The molecule has 5 heteroatoms. The van der Waals surface area contributed by atoms with E-state index < -0.39 is 0 Å². The van der Waals surface area contributed by atoms with E-state index >= 15 is 0 Å². The average Bonchev–Trinajstić information content (AvgIpc) is 3.01. The van der Waals surface area contributed by atoms with Crippen molar-refractivity contribution in [1.82, 2.24) is 15.5 Å². The smallest absolute Gasteiger partial charge is 0.247 e. The van der Waals surface area contributed by atoms with Gasteiger partial charge in [-0.05, 0) is 37.6 Å². The lowest BCUT2D eigenvalue weighted by molar-refractivity contribution is 0.414. The summed E-state index contributed by atoms with van der Waals surface area (Å²) < 4.78 is 5.21. The van der Waals surface area contributed by atoms with Crippen LogP contribution in [0.4, 0.5) is 5.69 Å². The maximum absolute atomic E-state index is 5.21. The summed E-state index contributed by atoms with van der Waals surface area (Å²) in [5.41, 5.74) is 2.03. The molecule has 1 atom stereocenters. The Kier molecular flexibility index (Phi) is 3.74. The number of nitrogens with zero attached hydrogens (tertiary/aromatic N) is 2. The molecule has 0 bridgehead atoms. The highest BCUT2D eigenvalue weighted by Crippen LogP contribution is 2.20. The number of aromatic nitrogens is 2. The summed E-state index contributed by atoms with van der Waals surface area (Å²) in [6, 6.07) is 8.63. The lowest BCUT2D eigenvalue weighted by Gasteiger charge is -2.24. The van der Waals surface area contributed by atoms with E-state index in [0.29, 0.717) is 11.9 Å². The van der Waals surface area contributed by atoms with Gasteiger partial charge in [0, 0.05) is 23.8 Å². The van der Waals surface area contributed by atoms with E-state index in [4.69, 9.17) is 4.42 Å². The Balaban J connectivity index is 1.63. The first kappa shape index (κ1) is 12.2. The predicted octanol–water partition coefficient (Wildman–Crippen LogP) is 2.29. The van der Waals surface area contributed by atoms with E-state index in [0.717, 1.165) is 24.3 Å². The zero-order chi connectivity index (χ0) is 12.9. The van der Waals surface area contributed by atoms with Crippen molar-refractivity contribution in [2.45, 2.75) is 25.3 Å². The highest BCUT2D eigenvalue weighted by Gasteiger charge is 2.12. The van der Waals surface area contributed by atoms with E-state index in [1.807, 2.05) is 18.2 Å². The minimum atomic E-state index is 0.555. The largest absolute Gasteiger partial charge is 0.423 e. The SMILES string of the molecule is c1cc(NCC2CCCCN2)cc(-c2nnco2)c1. The summed E-state index contributed by atoms with van der Waals surface area (Å²) in [6.07, 6.45) is 5.21. The van der Waals surface area contributed by atoms with Crippen molar-refractivity contribution >= 4 is 5.69 Å². The third-order valence-corrected chi connectivity index (χ3v) is 3.43. The average molecular weight is 258 g/mol. The lowest BCUT2D eigenvalue weighted by atomic mass is 10.1. The van der Waals surface area contributed by atoms with Gasteiger partial charge in [0.1, 0.15) is 0 Å². The number of anilines is 1. The van der Waals surface area contributed by atoms with Crippen LogP contribution in [0.1, 0.15) is 19.3 Å². The van der Waals surface area contributed by atoms with Crippen LogP contribution in [0.2, 0.25) is 0 Å². The second-order valence-corrected chi connectivity index (χ2v) is 4.85. The second kappa shape index (κ2) is 5.84. The molecule has 0 aliphatic carbocycles. The molecule has 0 amide bonds. The van der Waals surface area contributed by atoms with Gasteiger partial charge in [-0.3, -0.25) is 0 Å². The van der Waals surface area contributed by atoms with Gasteiger partial charge in [-0.25, -0.2) is 0 Å². The fourth-order valence-electron chi connectivity index (χ4n) is 2.40. The molecule has 19 heavy (non-hydrogen) atoms. The molecule has 5 nitrogen and oxygen atoms in total.